The molecule has 0 aliphatic carbocycles. The smallest absolute Gasteiger partial charge is 0.313 e. The molecule has 0 saturated carbocycles. The molecule has 0 spiro atoms. The predicted octanol–water partition coefficient (Wildman–Crippen LogP) is 1.91. The highest BCUT2D eigenvalue weighted by Gasteiger charge is 2.07. The molecule has 0 aromatic carbocycles. The summed E-state index contributed by atoms with van der Waals surface area (Å²) < 4.78 is 0.739. The maximum absolute atomic E-state index is 10.3. The first kappa shape index (κ1) is 11.5. The van der Waals surface area contributed by atoms with Crippen LogP contribution in [0.25, 0.3) is 0 Å². The Bertz CT molecular complexity index is 312. The number of aromatic nitrogens is 2. The quantitative estimate of drug-likeness (QED) is 0.786. The van der Waals surface area contributed by atoms with E-state index in [9.17, 15) is 4.79 Å². The van der Waals surface area contributed by atoms with E-state index < -0.39 is 5.97 Å². The number of hydrogen-bond donors (Lipinski definition) is 1. The summed E-state index contributed by atoms with van der Waals surface area (Å²) in [5.74, 6) is -0.216. The summed E-state index contributed by atoms with van der Waals surface area (Å²) in [5, 5.41) is 17.3. The van der Waals surface area contributed by atoms with Crippen LogP contribution in [0.1, 0.15) is 18.9 Å². The number of carbonyl (C=O) groups is 1. The van der Waals surface area contributed by atoms with Crippen molar-refractivity contribution in [3.63, 3.8) is 0 Å². The molecule has 1 rings (SSSR count). The van der Waals surface area contributed by atoms with Gasteiger partial charge in [0.15, 0.2) is 4.34 Å². The second kappa shape index (κ2) is 5.31. The SMILES string of the molecule is CC(C)Cc1nnc(SCC(=O)O)s1. The third-order valence-corrected chi connectivity index (χ3v) is 3.41. The van der Waals surface area contributed by atoms with Crippen LogP contribution < -0.4 is 0 Å². The van der Waals surface area contributed by atoms with Crippen molar-refractivity contribution in [2.24, 2.45) is 5.92 Å². The molecule has 14 heavy (non-hydrogen) atoms. The van der Waals surface area contributed by atoms with Crippen molar-refractivity contribution < 1.29 is 9.90 Å². The van der Waals surface area contributed by atoms with Gasteiger partial charge in [0.25, 0.3) is 0 Å². The summed E-state index contributed by atoms with van der Waals surface area (Å²) in [6, 6.07) is 0. The molecule has 1 aromatic heterocycles. The topological polar surface area (TPSA) is 63.1 Å². The third-order valence-electron chi connectivity index (χ3n) is 1.35. The summed E-state index contributed by atoms with van der Waals surface area (Å²) in [6.45, 7) is 4.23. The highest BCUT2D eigenvalue weighted by molar-refractivity contribution is 8.01. The van der Waals surface area contributed by atoms with Crippen LogP contribution in [0.5, 0.6) is 0 Å². The monoisotopic (exact) mass is 232 g/mol. The summed E-state index contributed by atoms with van der Waals surface area (Å²) in [6.07, 6.45) is 0.908. The molecule has 0 saturated heterocycles. The highest BCUT2D eigenvalue weighted by Crippen LogP contribution is 2.23. The number of carboxylic acids is 1. The van der Waals surface area contributed by atoms with E-state index in [2.05, 4.69) is 24.0 Å². The molecule has 1 aromatic rings. The Morgan fingerprint density at radius 2 is 2.29 bits per heavy atom. The number of aliphatic carboxylic acids is 1. The molecule has 1 N–H and O–H groups in total. The molecular weight excluding hydrogens is 220 g/mol. The lowest BCUT2D eigenvalue weighted by Crippen LogP contribution is -1.96. The number of rotatable bonds is 5. The molecule has 1 heterocycles. The van der Waals surface area contributed by atoms with Crippen molar-refractivity contribution in [2.75, 3.05) is 5.75 Å². The van der Waals surface area contributed by atoms with Gasteiger partial charge in [-0.1, -0.05) is 36.9 Å². The first-order chi connectivity index (χ1) is 6.58. The van der Waals surface area contributed by atoms with Crippen molar-refractivity contribution >= 4 is 29.1 Å². The lowest BCUT2D eigenvalue weighted by Gasteiger charge is -1.96. The lowest BCUT2D eigenvalue weighted by molar-refractivity contribution is -0.133. The fourth-order valence-electron chi connectivity index (χ4n) is 0.852. The normalized spacial score (nSPS) is 10.8. The van der Waals surface area contributed by atoms with E-state index >= 15 is 0 Å². The van der Waals surface area contributed by atoms with Crippen LogP contribution in [0.4, 0.5) is 0 Å². The lowest BCUT2D eigenvalue weighted by atomic mass is 10.1. The molecule has 0 fully saturated rings. The molecule has 0 amide bonds. The zero-order chi connectivity index (χ0) is 10.6. The second-order valence-electron chi connectivity index (χ2n) is 3.24. The van der Waals surface area contributed by atoms with Crippen LogP contribution in [0.2, 0.25) is 0 Å². The summed E-state index contributed by atoms with van der Waals surface area (Å²) in [4.78, 5) is 10.3. The van der Waals surface area contributed by atoms with Gasteiger partial charge in [-0.05, 0) is 5.92 Å². The molecule has 4 nitrogen and oxygen atoms in total. The van der Waals surface area contributed by atoms with Gasteiger partial charge in [0.1, 0.15) is 5.01 Å². The molecule has 0 radical (unpaired) electrons. The Hall–Kier alpha value is -0.620. The Morgan fingerprint density at radius 3 is 2.86 bits per heavy atom. The third kappa shape index (κ3) is 4.06. The van der Waals surface area contributed by atoms with Gasteiger partial charge >= 0.3 is 5.97 Å². The standard InChI is InChI=1S/C8H12N2O2S2/c1-5(2)3-6-9-10-8(14-6)13-4-7(11)12/h5H,3-4H2,1-2H3,(H,11,12). The Kier molecular flexibility index (Phi) is 4.34. The van der Waals surface area contributed by atoms with Gasteiger partial charge in [-0.25, -0.2) is 0 Å². The minimum Gasteiger partial charge on any atom is -0.481 e. The van der Waals surface area contributed by atoms with Crippen LogP contribution in [-0.2, 0) is 11.2 Å². The Balaban J connectivity index is 2.46. The molecule has 0 aliphatic heterocycles. The number of thioether (sulfide) groups is 1. The largest absolute Gasteiger partial charge is 0.481 e. The predicted molar refractivity (Wildman–Crippen MR) is 56.8 cm³/mol. The Morgan fingerprint density at radius 1 is 1.57 bits per heavy atom. The van der Waals surface area contributed by atoms with E-state index in [-0.39, 0.29) is 5.75 Å². The zero-order valence-electron chi connectivity index (χ0n) is 8.06. The number of hydrogen-bond acceptors (Lipinski definition) is 5. The van der Waals surface area contributed by atoms with Gasteiger partial charge < -0.3 is 5.11 Å². The van der Waals surface area contributed by atoms with Crippen LogP contribution in [0.15, 0.2) is 4.34 Å². The fraction of sp³-hybridized carbons (Fsp3) is 0.625. The maximum atomic E-state index is 10.3. The molecule has 6 heteroatoms. The minimum absolute atomic E-state index is 0.0519. The fourth-order valence-corrected chi connectivity index (χ4v) is 2.68. The van der Waals surface area contributed by atoms with E-state index in [4.69, 9.17) is 5.11 Å². The van der Waals surface area contributed by atoms with E-state index in [1.54, 1.807) is 0 Å². The first-order valence-electron chi connectivity index (χ1n) is 4.25. The van der Waals surface area contributed by atoms with Crippen LogP contribution in [-0.4, -0.2) is 27.0 Å². The average Bonchev–Trinajstić information content (AvgIpc) is 2.47. The summed E-state index contributed by atoms with van der Waals surface area (Å²) in [5.41, 5.74) is 0. The van der Waals surface area contributed by atoms with E-state index in [0.717, 1.165) is 15.8 Å². The van der Waals surface area contributed by atoms with Crippen molar-refractivity contribution in [2.45, 2.75) is 24.6 Å². The molecular formula is C8H12N2O2S2. The van der Waals surface area contributed by atoms with E-state index in [0.29, 0.717) is 5.92 Å². The summed E-state index contributed by atoms with van der Waals surface area (Å²) >= 11 is 2.70. The van der Waals surface area contributed by atoms with Gasteiger partial charge in [-0.15, -0.1) is 10.2 Å². The maximum Gasteiger partial charge on any atom is 0.313 e. The average molecular weight is 232 g/mol. The molecule has 0 atom stereocenters. The molecule has 0 unspecified atom stereocenters. The van der Waals surface area contributed by atoms with Gasteiger partial charge in [0, 0.05) is 6.42 Å². The number of carboxylic acid groups (broad SMARTS) is 1. The van der Waals surface area contributed by atoms with Gasteiger partial charge in [0.2, 0.25) is 0 Å². The van der Waals surface area contributed by atoms with Crippen molar-refractivity contribution in [1.82, 2.24) is 10.2 Å². The van der Waals surface area contributed by atoms with E-state index in [1.807, 2.05) is 0 Å². The Labute approximate surface area is 90.7 Å². The molecule has 0 aliphatic rings. The highest BCUT2D eigenvalue weighted by atomic mass is 32.2. The zero-order valence-corrected chi connectivity index (χ0v) is 9.69. The summed E-state index contributed by atoms with van der Waals surface area (Å²) in [7, 11) is 0. The van der Waals surface area contributed by atoms with Crippen molar-refractivity contribution in [3.05, 3.63) is 5.01 Å². The number of nitrogens with zero attached hydrogens (tertiary/aromatic N) is 2. The molecule has 0 bridgehead atoms. The first-order valence-corrected chi connectivity index (χ1v) is 6.05. The van der Waals surface area contributed by atoms with Crippen LogP contribution in [0.3, 0.4) is 0 Å². The van der Waals surface area contributed by atoms with Crippen molar-refractivity contribution in [3.8, 4) is 0 Å². The van der Waals surface area contributed by atoms with Gasteiger partial charge in [0.05, 0.1) is 5.75 Å². The van der Waals surface area contributed by atoms with Gasteiger partial charge in [-0.3, -0.25) is 4.79 Å². The van der Waals surface area contributed by atoms with Crippen molar-refractivity contribution in [1.29, 1.82) is 0 Å². The minimum atomic E-state index is -0.824. The second-order valence-corrected chi connectivity index (χ2v) is 5.53. The van der Waals surface area contributed by atoms with Gasteiger partial charge in [-0.2, -0.15) is 0 Å². The van der Waals surface area contributed by atoms with E-state index in [1.165, 1.54) is 23.1 Å². The van der Waals surface area contributed by atoms with Crippen LogP contribution >= 0.6 is 23.1 Å². The van der Waals surface area contributed by atoms with Crippen LogP contribution in [0, 0.1) is 5.92 Å². The molecule has 78 valence electrons.